The Morgan fingerprint density at radius 3 is 2.15 bits per heavy atom. The van der Waals surface area contributed by atoms with Crippen molar-refractivity contribution in [3.63, 3.8) is 0 Å². The van der Waals surface area contributed by atoms with Crippen molar-refractivity contribution in [1.29, 1.82) is 0 Å². The van der Waals surface area contributed by atoms with Gasteiger partial charge in [-0.25, -0.2) is 4.68 Å². The van der Waals surface area contributed by atoms with E-state index in [9.17, 15) is 14.7 Å². The lowest BCUT2D eigenvalue weighted by molar-refractivity contribution is -0.119. The van der Waals surface area contributed by atoms with Crippen molar-refractivity contribution in [3.05, 3.63) is 30.4 Å². The van der Waals surface area contributed by atoms with Gasteiger partial charge in [-0.3, -0.25) is 15.0 Å². The zero-order valence-corrected chi connectivity index (χ0v) is 14.4. The number of carbonyl (C=O) groups excluding carboxylic acids is 2. The largest absolute Gasteiger partial charge is 0.493 e. The van der Waals surface area contributed by atoms with Gasteiger partial charge in [-0.2, -0.15) is 0 Å². The second-order valence-electron chi connectivity index (χ2n) is 4.97. The molecule has 1 unspecified atom stereocenters. The first-order chi connectivity index (χ1) is 12.5. The Balaban J connectivity index is 2.18. The van der Waals surface area contributed by atoms with Gasteiger partial charge in [-0.05, 0) is 12.1 Å². The maximum atomic E-state index is 12.5. The predicted octanol–water partition coefficient (Wildman–Crippen LogP) is -0.835. The molecule has 140 valence electrons. The van der Waals surface area contributed by atoms with Gasteiger partial charge in [-0.1, -0.05) is 0 Å². The highest BCUT2D eigenvalue weighted by molar-refractivity contribution is 6.00. The smallest absolute Gasteiger partial charge is 0.263 e. The summed E-state index contributed by atoms with van der Waals surface area (Å²) >= 11 is 0. The Bertz CT molecular complexity index is 739. The summed E-state index contributed by atoms with van der Waals surface area (Å²) in [6.45, 7) is -0.607. The van der Waals surface area contributed by atoms with E-state index in [-0.39, 0.29) is 17.1 Å². The number of benzene rings is 1. The first-order valence-corrected chi connectivity index (χ1v) is 7.41. The number of amides is 2. The molecule has 0 radical (unpaired) electrons. The molecule has 0 aliphatic carbocycles. The molecular formula is C15H19N5O6. The fraction of sp³-hybridized carbons (Fsp3) is 0.333. The van der Waals surface area contributed by atoms with Crippen LogP contribution in [-0.2, 0) is 4.79 Å². The zero-order chi connectivity index (χ0) is 19.1. The van der Waals surface area contributed by atoms with Crippen LogP contribution in [-0.4, -0.2) is 65.8 Å². The van der Waals surface area contributed by atoms with Gasteiger partial charge in [0.25, 0.3) is 11.8 Å². The van der Waals surface area contributed by atoms with E-state index >= 15 is 0 Å². The van der Waals surface area contributed by atoms with Crippen molar-refractivity contribution in [2.45, 2.75) is 6.04 Å². The van der Waals surface area contributed by atoms with E-state index < -0.39 is 24.5 Å². The molecule has 2 amide bonds. The number of methoxy groups -OCH3 is 3. The summed E-state index contributed by atoms with van der Waals surface area (Å²) in [5.74, 6) is -0.358. The van der Waals surface area contributed by atoms with E-state index in [1.165, 1.54) is 50.8 Å². The number of ether oxygens (including phenoxy) is 3. The number of rotatable bonds is 8. The molecule has 11 nitrogen and oxygen atoms in total. The van der Waals surface area contributed by atoms with E-state index in [4.69, 9.17) is 14.2 Å². The Labute approximate surface area is 148 Å². The van der Waals surface area contributed by atoms with Gasteiger partial charge >= 0.3 is 0 Å². The predicted molar refractivity (Wildman–Crippen MR) is 88.8 cm³/mol. The van der Waals surface area contributed by atoms with E-state index in [0.29, 0.717) is 5.75 Å². The van der Waals surface area contributed by atoms with Crippen LogP contribution in [0.25, 0.3) is 0 Å². The molecule has 0 spiro atoms. The number of nitrogens with zero attached hydrogens (tertiary/aromatic N) is 3. The standard InChI is InChI=1S/C15H19N5O6/c1-24-11-4-9(5-12(25-2)13(11)26-3)14(22)18-10(6-21)15(23)19-20-7-16-17-8-20/h4-5,7-8,10,21H,6H2,1-3H3,(H,18,22)(H,19,23). The lowest BCUT2D eigenvalue weighted by atomic mass is 10.1. The lowest BCUT2D eigenvalue weighted by Crippen LogP contribution is -2.47. The van der Waals surface area contributed by atoms with Crippen molar-refractivity contribution >= 4 is 11.8 Å². The number of nitrogens with one attached hydrogen (secondary N) is 2. The summed E-state index contributed by atoms with van der Waals surface area (Å²) in [7, 11) is 4.28. The van der Waals surface area contributed by atoms with Crippen molar-refractivity contribution in [3.8, 4) is 17.2 Å². The van der Waals surface area contributed by atoms with Crippen molar-refractivity contribution in [1.82, 2.24) is 20.2 Å². The third-order valence-corrected chi connectivity index (χ3v) is 3.39. The minimum absolute atomic E-state index is 0.162. The fourth-order valence-corrected chi connectivity index (χ4v) is 2.11. The summed E-state index contributed by atoms with van der Waals surface area (Å²) in [6, 6.07) is 1.68. The van der Waals surface area contributed by atoms with E-state index in [1.807, 2.05) is 0 Å². The minimum Gasteiger partial charge on any atom is -0.493 e. The Hall–Kier alpha value is -3.34. The molecule has 0 aliphatic rings. The highest BCUT2D eigenvalue weighted by Gasteiger charge is 2.23. The normalized spacial score (nSPS) is 11.4. The molecule has 0 fully saturated rings. The highest BCUT2D eigenvalue weighted by atomic mass is 16.5. The summed E-state index contributed by atoms with van der Waals surface area (Å²) in [5.41, 5.74) is 2.56. The van der Waals surface area contributed by atoms with Crippen molar-refractivity contribution < 1.29 is 28.9 Å². The lowest BCUT2D eigenvalue weighted by Gasteiger charge is -2.17. The van der Waals surface area contributed by atoms with Gasteiger partial charge in [0.2, 0.25) is 5.75 Å². The minimum atomic E-state index is -1.19. The van der Waals surface area contributed by atoms with Crippen LogP contribution in [0.4, 0.5) is 0 Å². The van der Waals surface area contributed by atoms with E-state index in [0.717, 1.165) is 0 Å². The Morgan fingerprint density at radius 1 is 1.12 bits per heavy atom. The van der Waals surface area contributed by atoms with Crippen LogP contribution in [0.2, 0.25) is 0 Å². The molecule has 0 saturated heterocycles. The summed E-state index contributed by atoms with van der Waals surface area (Å²) < 4.78 is 16.8. The summed E-state index contributed by atoms with van der Waals surface area (Å²) in [6.07, 6.45) is 2.51. The first-order valence-electron chi connectivity index (χ1n) is 7.41. The monoisotopic (exact) mass is 365 g/mol. The van der Waals surface area contributed by atoms with Crippen molar-refractivity contribution in [2.75, 3.05) is 33.4 Å². The molecule has 26 heavy (non-hydrogen) atoms. The number of hydrogen-bond donors (Lipinski definition) is 3. The van der Waals surface area contributed by atoms with Gasteiger partial charge < -0.3 is 24.6 Å². The van der Waals surface area contributed by atoms with Crippen LogP contribution in [0.3, 0.4) is 0 Å². The Morgan fingerprint density at radius 2 is 1.69 bits per heavy atom. The number of aliphatic hydroxyl groups excluding tert-OH is 1. The van der Waals surface area contributed by atoms with Crippen LogP contribution in [0, 0.1) is 0 Å². The molecule has 1 aromatic heterocycles. The molecule has 1 heterocycles. The molecule has 3 N–H and O–H groups in total. The SMILES string of the molecule is COc1cc(C(=O)NC(CO)C(=O)Nn2cnnc2)cc(OC)c1OC. The van der Waals surface area contributed by atoms with Crippen LogP contribution in [0.5, 0.6) is 17.2 Å². The second-order valence-corrected chi connectivity index (χ2v) is 4.97. The van der Waals surface area contributed by atoms with Gasteiger partial charge in [0.15, 0.2) is 11.5 Å². The third-order valence-electron chi connectivity index (χ3n) is 3.39. The number of aliphatic hydroxyl groups is 1. The maximum absolute atomic E-state index is 12.5. The molecule has 11 heteroatoms. The average molecular weight is 365 g/mol. The van der Waals surface area contributed by atoms with Crippen molar-refractivity contribution in [2.24, 2.45) is 0 Å². The average Bonchev–Trinajstić information content (AvgIpc) is 3.17. The van der Waals surface area contributed by atoms with Gasteiger partial charge in [0.05, 0.1) is 27.9 Å². The third kappa shape index (κ3) is 4.19. The van der Waals surface area contributed by atoms with Crippen LogP contribution in [0.15, 0.2) is 24.8 Å². The topological polar surface area (TPSA) is 137 Å². The first kappa shape index (κ1) is 19.0. The summed E-state index contributed by atoms with van der Waals surface area (Å²) in [5, 5.41) is 18.9. The molecule has 2 rings (SSSR count). The number of hydrogen-bond acceptors (Lipinski definition) is 8. The fourth-order valence-electron chi connectivity index (χ4n) is 2.11. The molecule has 1 aromatic carbocycles. The number of aromatic nitrogens is 3. The van der Waals surface area contributed by atoms with E-state index in [1.54, 1.807) is 0 Å². The van der Waals surface area contributed by atoms with Crippen LogP contribution in [0.1, 0.15) is 10.4 Å². The zero-order valence-electron chi connectivity index (χ0n) is 14.4. The quantitative estimate of drug-likeness (QED) is 0.551. The van der Waals surface area contributed by atoms with Crippen LogP contribution >= 0.6 is 0 Å². The molecule has 0 bridgehead atoms. The highest BCUT2D eigenvalue weighted by Crippen LogP contribution is 2.38. The molecule has 1 atom stereocenters. The van der Waals surface area contributed by atoms with E-state index in [2.05, 4.69) is 20.9 Å². The maximum Gasteiger partial charge on any atom is 0.263 e. The molecular weight excluding hydrogens is 346 g/mol. The molecule has 0 aliphatic heterocycles. The van der Waals surface area contributed by atoms with Crippen LogP contribution < -0.4 is 25.0 Å². The van der Waals surface area contributed by atoms with Gasteiger partial charge in [0.1, 0.15) is 18.7 Å². The number of carbonyl (C=O) groups is 2. The molecule has 0 saturated carbocycles. The van der Waals surface area contributed by atoms with Gasteiger partial charge in [-0.15, -0.1) is 10.2 Å². The second kappa shape index (κ2) is 8.67. The summed E-state index contributed by atoms with van der Waals surface area (Å²) in [4.78, 5) is 24.6. The van der Waals surface area contributed by atoms with Gasteiger partial charge in [0, 0.05) is 5.56 Å². The molecule has 2 aromatic rings. The Kier molecular flexibility index (Phi) is 6.33.